The van der Waals surface area contributed by atoms with Crippen LogP contribution in [0.5, 0.6) is 0 Å². The highest BCUT2D eigenvalue weighted by molar-refractivity contribution is 4.74. The molecule has 6 heteroatoms. The van der Waals surface area contributed by atoms with E-state index in [0.29, 0.717) is 19.1 Å². The van der Waals surface area contributed by atoms with Crippen LogP contribution in [0.4, 0.5) is 0 Å². The minimum Gasteiger partial charge on any atom is -0.394 e. The Hall–Kier alpha value is -0.240. The fourth-order valence-corrected chi connectivity index (χ4v) is 2.96. The number of rotatable bonds is 10. The first-order valence-corrected chi connectivity index (χ1v) is 8.11. The molecule has 1 rings (SSSR count). The second kappa shape index (κ2) is 10.5. The van der Waals surface area contributed by atoms with Crippen LogP contribution in [-0.2, 0) is 0 Å². The van der Waals surface area contributed by atoms with E-state index >= 15 is 0 Å². The van der Waals surface area contributed by atoms with Gasteiger partial charge in [-0.25, -0.2) is 0 Å². The van der Waals surface area contributed by atoms with Crippen molar-refractivity contribution < 1.29 is 20.4 Å². The highest BCUT2D eigenvalue weighted by Crippen LogP contribution is 2.16. The van der Waals surface area contributed by atoms with Crippen LogP contribution in [0.2, 0.25) is 0 Å². The average Bonchev–Trinajstić information content (AvgIpc) is 2.48. The van der Waals surface area contributed by atoms with Gasteiger partial charge in [0, 0.05) is 19.1 Å². The molecular weight excluding hydrogens is 272 g/mol. The van der Waals surface area contributed by atoms with Gasteiger partial charge >= 0.3 is 0 Å². The standard InChI is InChI=1S/C15H32N2O4/c1-13-5-2-3-7-17(13)8-4-6-16(9-14(20)11-18)10-15(21)12-19/h13-15,18-21H,2-12H2,1H3. The Morgan fingerprint density at radius 2 is 1.71 bits per heavy atom. The summed E-state index contributed by atoms with van der Waals surface area (Å²) in [4.78, 5) is 4.41. The van der Waals surface area contributed by atoms with Gasteiger partial charge in [0.15, 0.2) is 0 Å². The summed E-state index contributed by atoms with van der Waals surface area (Å²) in [5, 5.41) is 37.0. The Balaban J connectivity index is 2.33. The number of aliphatic hydroxyl groups excluding tert-OH is 4. The molecule has 0 bridgehead atoms. The van der Waals surface area contributed by atoms with E-state index < -0.39 is 12.2 Å². The highest BCUT2D eigenvalue weighted by Gasteiger charge is 2.19. The molecule has 0 saturated carbocycles. The third-order valence-electron chi connectivity index (χ3n) is 4.22. The predicted octanol–water partition coefficient (Wildman–Crippen LogP) is -0.741. The SMILES string of the molecule is CC1CCCCN1CCCN(CC(O)CO)CC(O)CO. The van der Waals surface area contributed by atoms with Crippen molar-refractivity contribution in [2.75, 3.05) is 45.9 Å². The van der Waals surface area contributed by atoms with Crippen LogP contribution in [0.1, 0.15) is 32.6 Å². The minimum atomic E-state index is -0.801. The van der Waals surface area contributed by atoms with Gasteiger partial charge in [-0.15, -0.1) is 0 Å². The fourth-order valence-electron chi connectivity index (χ4n) is 2.96. The molecule has 0 spiro atoms. The summed E-state index contributed by atoms with van der Waals surface area (Å²) in [6, 6.07) is 0.637. The quantitative estimate of drug-likeness (QED) is 0.425. The van der Waals surface area contributed by atoms with E-state index in [1.165, 1.54) is 19.3 Å². The van der Waals surface area contributed by atoms with Crippen molar-refractivity contribution in [3.05, 3.63) is 0 Å². The maximum absolute atomic E-state index is 9.56. The Bertz CT molecular complexity index is 256. The zero-order valence-corrected chi connectivity index (χ0v) is 13.2. The molecule has 0 aliphatic carbocycles. The molecule has 0 amide bonds. The molecule has 1 heterocycles. The molecule has 1 fully saturated rings. The van der Waals surface area contributed by atoms with Crippen LogP contribution in [0.3, 0.4) is 0 Å². The van der Waals surface area contributed by atoms with Gasteiger partial charge in [-0.3, -0.25) is 4.90 Å². The molecule has 0 aromatic heterocycles. The second-order valence-electron chi connectivity index (χ2n) is 6.17. The van der Waals surface area contributed by atoms with Gasteiger partial charge in [0.25, 0.3) is 0 Å². The molecular formula is C15H32N2O4. The van der Waals surface area contributed by atoms with Crippen LogP contribution >= 0.6 is 0 Å². The van der Waals surface area contributed by atoms with Gasteiger partial charge in [0.2, 0.25) is 0 Å². The molecule has 1 aliphatic rings. The number of hydrogen-bond donors (Lipinski definition) is 4. The van der Waals surface area contributed by atoms with E-state index in [-0.39, 0.29) is 13.2 Å². The van der Waals surface area contributed by atoms with Gasteiger partial charge in [-0.2, -0.15) is 0 Å². The van der Waals surface area contributed by atoms with Crippen molar-refractivity contribution in [1.29, 1.82) is 0 Å². The molecule has 6 nitrogen and oxygen atoms in total. The molecule has 0 aromatic rings. The van der Waals surface area contributed by atoms with Crippen molar-refractivity contribution in [2.45, 2.75) is 50.9 Å². The van der Waals surface area contributed by atoms with Gasteiger partial charge < -0.3 is 25.3 Å². The molecule has 0 aromatic carbocycles. The van der Waals surface area contributed by atoms with Crippen LogP contribution < -0.4 is 0 Å². The lowest BCUT2D eigenvalue weighted by Crippen LogP contribution is -2.43. The molecule has 3 atom stereocenters. The minimum absolute atomic E-state index is 0.283. The van der Waals surface area contributed by atoms with Crippen molar-refractivity contribution in [1.82, 2.24) is 9.80 Å². The second-order valence-corrected chi connectivity index (χ2v) is 6.17. The summed E-state index contributed by atoms with van der Waals surface area (Å²) in [6.07, 6.45) is 3.20. The van der Waals surface area contributed by atoms with Crippen molar-refractivity contribution in [3.8, 4) is 0 Å². The zero-order chi connectivity index (χ0) is 15.7. The first-order chi connectivity index (χ1) is 10.1. The lowest BCUT2D eigenvalue weighted by Gasteiger charge is -2.34. The molecule has 4 N–H and O–H groups in total. The summed E-state index contributed by atoms with van der Waals surface area (Å²) < 4.78 is 0. The van der Waals surface area contributed by atoms with Crippen molar-refractivity contribution in [2.24, 2.45) is 0 Å². The largest absolute Gasteiger partial charge is 0.394 e. The summed E-state index contributed by atoms with van der Waals surface area (Å²) >= 11 is 0. The molecule has 126 valence electrons. The number of aliphatic hydroxyl groups is 4. The van der Waals surface area contributed by atoms with E-state index in [1.54, 1.807) is 0 Å². The molecule has 3 unspecified atom stereocenters. The maximum atomic E-state index is 9.56. The molecule has 1 aliphatic heterocycles. The van der Waals surface area contributed by atoms with Crippen LogP contribution in [0.25, 0.3) is 0 Å². The lowest BCUT2D eigenvalue weighted by molar-refractivity contribution is 0.0213. The fraction of sp³-hybridized carbons (Fsp3) is 1.00. The average molecular weight is 304 g/mol. The Kier molecular flexibility index (Phi) is 9.39. The smallest absolute Gasteiger partial charge is 0.0897 e. The summed E-state index contributed by atoms with van der Waals surface area (Å²) in [6.45, 7) is 5.26. The normalized spacial score (nSPS) is 23.4. The maximum Gasteiger partial charge on any atom is 0.0897 e. The van der Waals surface area contributed by atoms with Gasteiger partial charge in [0.1, 0.15) is 0 Å². The number of piperidine rings is 1. The van der Waals surface area contributed by atoms with E-state index in [4.69, 9.17) is 10.2 Å². The molecule has 1 saturated heterocycles. The van der Waals surface area contributed by atoms with Gasteiger partial charge in [-0.1, -0.05) is 6.42 Å². The van der Waals surface area contributed by atoms with Crippen LogP contribution in [0.15, 0.2) is 0 Å². The summed E-state index contributed by atoms with van der Waals surface area (Å²) in [5.41, 5.74) is 0. The summed E-state index contributed by atoms with van der Waals surface area (Å²) in [5.74, 6) is 0. The Morgan fingerprint density at radius 3 is 2.24 bits per heavy atom. The number of likely N-dealkylation sites (tertiary alicyclic amines) is 1. The van der Waals surface area contributed by atoms with Crippen molar-refractivity contribution in [3.63, 3.8) is 0 Å². The van der Waals surface area contributed by atoms with E-state index in [0.717, 1.165) is 26.1 Å². The van der Waals surface area contributed by atoms with E-state index in [9.17, 15) is 10.2 Å². The number of hydrogen-bond acceptors (Lipinski definition) is 6. The number of nitrogens with zero attached hydrogens (tertiary/aromatic N) is 2. The Morgan fingerprint density at radius 1 is 1.10 bits per heavy atom. The van der Waals surface area contributed by atoms with E-state index in [1.807, 2.05) is 4.90 Å². The molecule has 21 heavy (non-hydrogen) atoms. The topological polar surface area (TPSA) is 87.4 Å². The lowest BCUT2D eigenvalue weighted by atomic mass is 10.0. The summed E-state index contributed by atoms with van der Waals surface area (Å²) in [7, 11) is 0. The van der Waals surface area contributed by atoms with Crippen LogP contribution in [0, 0.1) is 0 Å². The van der Waals surface area contributed by atoms with Crippen LogP contribution in [-0.4, -0.2) is 94.4 Å². The van der Waals surface area contributed by atoms with E-state index in [2.05, 4.69) is 11.8 Å². The highest BCUT2D eigenvalue weighted by atomic mass is 16.3. The van der Waals surface area contributed by atoms with Gasteiger partial charge in [-0.05, 0) is 45.8 Å². The third-order valence-corrected chi connectivity index (χ3v) is 4.22. The third kappa shape index (κ3) is 7.54. The first kappa shape index (κ1) is 18.8. The zero-order valence-electron chi connectivity index (χ0n) is 13.2. The van der Waals surface area contributed by atoms with Gasteiger partial charge in [0.05, 0.1) is 25.4 Å². The molecule has 0 radical (unpaired) electrons. The van der Waals surface area contributed by atoms with Crippen molar-refractivity contribution >= 4 is 0 Å². The first-order valence-electron chi connectivity index (χ1n) is 8.11. The predicted molar refractivity (Wildman–Crippen MR) is 82.1 cm³/mol. The Labute approximate surface area is 128 Å². The monoisotopic (exact) mass is 304 g/mol.